The van der Waals surface area contributed by atoms with Crippen molar-refractivity contribution in [1.29, 1.82) is 0 Å². The van der Waals surface area contributed by atoms with Crippen molar-refractivity contribution in [3.63, 3.8) is 0 Å². The normalized spacial score (nSPS) is 17.9. The van der Waals surface area contributed by atoms with Gasteiger partial charge in [-0.2, -0.15) is 0 Å². The summed E-state index contributed by atoms with van der Waals surface area (Å²) in [5, 5.41) is 0.816. The predicted molar refractivity (Wildman–Crippen MR) is 91.0 cm³/mol. The van der Waals surface area contributed by atoms with Crippen LogP contribution in [0.15, 0.2) is 29.4 Å². The van der Waals surface area contributed by atoms with Crippen LogP contribution in [0.5, 0.6) is 0 Å². The summed E-state index contributed by atoms with van der Waals surface area (Å²) in [5.74, 6) is 0.982. The smallest absolute Gasteiger partial charge is 0.235 e. The Hall–Kier alpha value is -1.49. The highest BCUT2D eigenvalue weighted by Crippen LogP contribution is 2.28. The van der Waals surface area contributed by atoms with E-state index in [1.165, 1.54) is 0 Å². The number of aromatic nitrogens is 2. The summed E-state index contributed by atoms with van der Waals surface area (Å²) in [4.78, 5) is 19.3. The zero-order chi connectivity index (χ0) is 15.7. The molecule has 1 fully saturated rings. The van der Waals surface area contributed by atoms with Gasteiger partial charge in [0.05, 0.1) is 16.3 Å². The fourth-order valence-electron chi connectivity index (χ4n) is 2.92. The van der Waals surface area contributed by atoms with Crippen LogP contribution in [-0.4, -0.2) is 38.7 Å². The second kappa shape index (κ2) is 6.32. The van der Waals surface area contributed by atoms with E-state index in [0.29, 0.717) is 0 Å². The molecule has 22 heavy (non-hydrogen) atoms. The summed E-state index contributed by atoms with van der Waals surface area (Å²) < 4.78 is 2.07. The van der Waals surface area contributed by atoms with Crippen molar-refractivity contribution in [3.8, 4) is 0 Å². The van der Waals surface area contributed by atoms with Crippen LogP contribution >= 0.6 is 11.8 Å². The maximum Gasteiger partial charge on any atom is 0.235 e. The number of amides is 1. The summed E-state index contributed by atoms with van der Waals surface area (Å²) in [5.41, 5.74) is 2.09. The largest absolute Gasteiger partial charge is 0.342 e. The quantitative estimate of drug-likeness (QED) is 0.815. The molecule has 0 N–H and O–H groups in total. The number of imidazole rings is 1. The topological polar surface area (TPSA) is 38.1 Å². The third-order valence-corrected chi connectivity index (χ3v) is 5.60. The molecule has 1 unspecified atom stereocenters. The Kier molecular flexibility index (Phi) is 4.43. The number of likely N-dealkylation sites (tertiary alicyclic amines) is 1. The summed E-state index contributed by atoms with van der Waals surface area (Å²) in [6, 6.07) is 8.08. The standard InChI is InChI=1S/C17H23N3OS/c1-12-8-10-20(11-9-12)16(21)13(2)22-17-18-14-6-4-5-7-15(14)19(17)3/h4-7,12-13H,8-11H2,1-3H3. The zero-order valence-electron chi connectivity index (χ0n) is 13.5. The van der Waals surface area contributed by atoms with Gasteiger partial charge in [0.15, 0.2) is 5.16 Å². The van der Waals surface area contributed by atoms with E-state index in [2.05, 4.69) is 22.5 Å². The van der Waals surface area contributed by atoms with Crippen molar-refractivity contribution in [2.75, 3.05) is 13.1 Å². The van der Waals surface area contributed by atoms with Gasteiger partial charge in [-0.05, 0) is 37.8 Å². The number of fused-ring (bicyclic) bond motifs is 1. The number of aryl methyl sites for hydroxylation is 1. The molecule has 1 aromatic carbocycles. The van der Waals surface area contributed by atoms with Gasteiger partial charge in [-0.25, -0.2) is 4.98 Å². The van der Waals surface area contributed by atoms with Gasteiger partial charge in [-0.3, -0.25) is 4.79 Å². The van der Waals surface area contributed by atoms with Crippen molar-refractivity contribution in [2.24, 2.45) is 13.0 Å². The van der Waals surface area contributed by atoms with E-state index in [-0.39, 0.29) is 11.2 Å². The lowest BCUT2D eigenvalue weighted by Crippen LogP contribution is -2.41. The first-order chi connectivity index (χ1) is 10.6. The molecule has 0 saturated carbocycles. The van der Waals surface area contributed by atoms with Crippen LogP contribution in [0, 0.1) is 5.92 Å². The maximum atomic E-state index is 12.6. The van der Waals surface area contributed by atoms with Crippen molar-refractivity contribution < 1.29 is 4.79 Å². The molecule has 1 aliphatic heterocycles. The molecule has 0 aliphatic carbocycles. The molecule has 5 heteroatoms. The number of nitrogens with zero attached hydrogens (tertiary/aromatic N) is 3. The Morgan fingerprint density at radius 2 is 2.00 bits per heavy atom. The van der Waals surface area contributed by atoms with Crippen LogP contribution in [0.25, 0.3) is 11.0 Å². The van der Waals surface area contributed by atoms with E-state index >= 15 is 0 Å². The number of hydrogen-bond donors (Lipinski definition) is 0. The lowest BCUT2D eigenvalue weighted by Gasteiger charge is -2.31. The molecule has 0 bridgehead atoms. The Morgan fingerprint density at radius 3 is 2.68 bits per heavy atom. The number of benzene rings is 1. The molecule has 1 saturated heterocycles. The van der Waals surface area contributed by atoms with Crippen LogP contribution < -0.4 is 0 Å². The third-order valence-electron chi connectivity index (χ3n) is 4.47. The predicted octanol–water partition coefficient (Wildman–Crippen LogP) is 3.31. The van der Waals surface area contributed by atoms with Crippen molar-refractivity contribution in [3.05, 3.63) is 24.3 Å². The average Bonchev–Trinajstić information content (AvgIpc) is 2.84. The second-order valence-electron chi connectivity index (χ2n) is 6.21. The molecule has 1 atom stereocenters. The van der Waals surface area contributed by atoms with Gasteiger partial charge in [-0.15, -0.1) is 0 Å². The Balaban J connectivity index is 1.71. The molecule has 1 amide bonds. The van der Waals surface area contributed by atoms with E-state index in [1.807, 2.05) is 37.1 Å². The molecule has 2 heterocycles. The molecule has 1 aromatic heterocycles. The van der Waals surface area contributed by atoms with Gasteiger partial charge in [-0.1, -0.05) is 30.8 Å². The van der Waals surface area contributed by atoms with E-state index in [9.17, 15) is 4.79 Å². The molecule has 1 aliphatic rings. The molecule has 0 radical (unpaired) electrons. The first kappa shape index (κ1) is 15.4. The molecular weight excluding hydrogens is 294 g/mol. The highest BCUT2D eigenvalue weighted by Gasteiger charge is 2.26. The lowest BCUT2D eigenvalue weighted by atomic mass is 9.99. The Morgan fingerprint density at radius 1 is 1.32 bits per heavy atom. The number of para-hydroxylation sites is 2. The molecule has 3 rings (SSSR count). The van der Waals surface area contributed by atoms with Crippen molar-refractivity contribution >= 4 is 28.7 Å². The fraction of sp³-hybridized carbons (Fsp3) is 0.529. The van der Waals surface area contributed by atoms with E-state index in [1.54, 1.807) is 11.8 Å². The van der Waals surface area contributed by atoms with E-state index < -0.39 is 0 Å². The summed E-state index contributed by atoms with van der Waals surface area (Å²) in [7, 11) is 2.01. The molecule has 4 nitrogen and oxygen atoms in total. The average molecular weight is 317 g/mol. The van der Waals surface area contributed by atoms with Crippen LogP contribution in [0.2, 0.25) is 0 Å². The maximum absolute atomic E-state index is 12.6. The lowest BCUT2D eigenvalue weighted by molar-refractivity contribution is -0.131. The minimum Gasteiger partial charge on any atom is -0.342 e. The first-order valence-corrected chi connectivity index (χ1v) is 8.81. The molecule has 0 spiro atoms. The number of thioether (sulfide) groups is 1. The minimum absolute atomic E-state index is 0.0936. The van der Waals surface area contributed by atoms with Gasteiger partial charge >= 0.3 is 0 Å². The second-order valence-corrected chi connectivity index (χ2v) is 7.52. The van der Waals surface area contributed by atoms with Gasteiger partial charge < -0.3 is 9.47 Å². The first-order valence-electron chi connectivity index (χ1n) is 7.93. The van der Waals surface area contributed by atoms with Gasteiger partial charge in [0, 0.05) is 20.1 Å². The third kappa shape index (κ3) is 3.00. The van der Waals surface area contributed by atoms with Crippen molar-refractivity contribution in [2.45, 2.75) is 37.1 Å². The molecule has 118 valence electrons. The SMILES string of the molecule is CC1CCN(C(=O)C(C)Sc2nc3ccccc3n2C)CC1. The van der Waals surface area contributed by atoms with Crippen LogP contribution in [0.1, 0.15) is 26.7 Å². The Labute approximate surface area is 135 Å². The van der Waals surface area contributed by atoms with E-state index in [4.69, 9.17) is 0 Å². The molecule has 2 aromatic rings. The number of carbonyl (C=O) groups excluding carboxylic acids is 1. The highest BCUT2D eigenvalue weighted by atomic mass is 32.2. The van der Waals surface area contributed by atoms with Gasteiger partial charge in [0.25, 0.3) is 0 Å². The van der Waals surface area contributed by atoms with Crippen LogP contribution in [-0.2, 0) is 11.8 Å². The fourth-order valence-corrected chi connectivity index (χ4v) is 3.90. The Bertz CT molecular complexity index is 674. The zero-order valence-corrected chi connectivity index (χ0v) is 14.3. The monoisotopic (exact) mass is 317 g/mol. The summed E-state index contributed by atoms with van der Waals surface area (Å²) in [6.45, 7) is 6.05. The van der Waals surface area contributed by atoms with Crippen LogP contribution in [0.3, 0.4) is 0 Å². The number of rotatable bonds is 3. The van der Waals surface area contributed by atoms with E-state index in [0.717, 1.165) is 48.0 Å². The summed E-state index contributed by atoms with van der Waals surface area (Å²) in [6.07, 6.45) is 2.24. The number of piperidine rings is 1. The van der Waals surface area contributed by atoms with Gasteiger partial charge in [0.1, 0.15) is 0 Å². The number of hydrogen-bond acceptors (Lipinski definition) is 3. The van der Waals surface area contributed by atoms with Gasteiger partial charge in [0.2, 0.25) is 5.91 Å². The highest BCUT2D eigenvalue weighted by molar-refractivity contribution is 8.00. The molecular formula is C17H23N3OS. The summed E-state index contributed by atoms with van der Waals surface area (Å²) >= 11 is 1.56. The van der Waals surface area contributed by atoms with Crippen LogP contribution in [0.4, 0.5) is 0 Å². The van der Waals surface area contributed by atoms with Crippen molar-refractivity contribution in [1.82, 2.24) is 14.5 Å². The number of carbonyl (C=O) groups is 1. The minimum atomic E-state index is -0.0936.